The molecule has 4 nitrogen and oxygen atoms in total. The van der Waals surface area contributed by atoms with Gasteiger partial charge in [0.05, 0.1) is 7.11 Å². The molecule has 4 heterocycles. The van der Waals surface area contributed by atoms with Crippen molar-refractivity contribution in [3.8, 4) is 39.9 Å². The van der Waals surface area contributed by atoms with Crippen molar-refractivity contribution in [3.05, 3.63) is 101 Å². The van der Waals surface area contributed by atoms with Crippen molar-refractivity contribution in [2.24, 2.45) is 0 Å². The van der Waals surface area contributed by atoms with E-state index >= 15 is 0 Å². The van der Waals surface area contributed by atoms with Gasteiger partial charge in [0, 0.05) is 5.56 Å². The fraction of sp³-hybridized carbons (Fsp3) is 0.172. The van der Waals surface area contributed by atoms with Gasteiger partial charge in [0.2, 0.25) is 0 Å². The SMILES string of the molecule is COc1ccc2c(c1)CCc1ccc(cc1)Oc1cc(ccc1O)CCc1ccc-2c(O)c1. The van der Waals surface area contributed by atoms with Gasteiger partial charge in [0.25, 0.3) is 0 Å². The molecule has 0 saturated carbocycles. The van der Waals surface area contributed by atoms with E-state index < -0.39 is 0 Å². The van der Waals surface area contributed by atoms with E-state index in [0.717, 1.165) is 59.3 Å². The summed E-state index contributed by atoms with van der Waals surface area (Å²) >= 11 is 0. The molecule has 0 radical (unpaired) electrons. The molecule has 4 aromatic rings. The van der Waals surface area contributed by atoms with E-state index in [2.05, 4.69) is 6.07 Å². The Balaban J connectivity index is 1.58. The summed E-state index contributed by atoms with van der Waals surface area (Å²) in [5.41, 5.74) is 6.25. The quantitative estimate of drug-likeness (QED) is 0.359. The molecule has 0 aromatic heterocycles. The van der Waals surface area contributed by atoms with Gasteiger partial charge >= 0.3 is 0 Å². The number of aromatic hydroxyl groups is 2. The zero-order chi connectivity index (χ0) is 22.8. The average Bonchev–Trinajstić information content (AvgIpc) is 2.83. The molecule has 0 unspecified atom stereocenters. The first kappa shape index (κ1) is 21.0. The lowest BCUT2D eigenvalue weighted by Crippen LogP contribution is -1.98. The number of methoxy groups -OCH3 is 1. The van der Waals surface area contributed by atoms with E-state index in [-0.39, 0.29) is 11.5 Å². The summed E-state index contributed by atoms with van der Waals surface area (Å²) in [6, 6.07) is 25.3. The van der Waals surface area contributed by atoms with Crippen molar-refractivity contribution in [1.29, 1.82) is 0 Å². The number of phenols is 2. The van der Waals surface area contributed by atoms with Gasteiger partial charge < -0.3 is 19.7 Å². The van der Waals surface area contributed by atoms with Crippen molar-refractivity contribution >= 4 is 0 Å². The first-order valence-electron chi connectivity index (χ1n) is 11.2. The Morgan fingerprint density at radius 2 is 1.30 bits per heavy atom. The maximum Gasteiger partial charge on any atom is 0.169 e. The van der Waals surface area contributed by atoms with E-state index in [1.807, 2.05) is 66.7 Å². The molecule has 166 valence electrons. The summed E-state index contributed by atoms with van der Waals surface area (Å²) in [5, 5.41) is 21.1. The molecule has 4 heteroatoms. The number of aryl methyl sites for hydroxylation is 4. The molecule has 33 heavy (non-hydrogen) atoms. The Labute approximate surface area is 193 Å². The lowest BCUT2D eigenvalue weighted by Gasteiger charge is -2.15. The number of hydrogen-bond donors (Lipinski definition) is 2. The van der Waals surface area contributed by atoms with Gasteiger partial charge in [-0.1, -0.05) is 36.4 Å². The van der Waals surface area contributed by atoms with Crippen molar-refractivity contribution < 1.29 is 19.7 Å². The summed E-state index contributed by atoms with van der Waals surface area (Å²) in [7, 11) is 1.67. The molecule has 6 bridgehead atoms. The third kappa shape index (κ3) is 4.51. The molecule has 4 aliphatic heterocycles. The van der Waals surface area contributed by atoms with Gasteiger partial charge in [-0.15, -0.1) is 0 Å². The first-order valence-corrected chi connectivity index (χ1v) is 11.2. The molecule has 0 saturated heterocycles. The Hall–Kier alpha value is -3.92. The Bertz CT molecular complexity index is 1290. The second kappa shape index (κ2) is 8.91. The molecular weight excluding hydrogens is 412 g/mol. The highest BCUT2D eigenvalue weighted by Crippen LogP contribution is 2.36. The second-order valence-corrected chi connectivity index (χ2v) is 8.42. The predicted octanol–water partition coefficient (Wildman–Crippen LogP) is 6.45. The third-order valence-corrected chi connectivity index (χ3v) is 6.23. The Morgan fingerprint density at radius 3 is 2.06 bits per heavy atom. The average molecular weight is 439 g/mol. The second-order valence-electron chi connectivity index (χ2n) is 8.42. The maximum absolute atomic E-state index is 10.9. The molecule has 2 N–H and O–H groups in total. The van der Waals surface area contributed by atoms with Crippen LogP contribution in [0, 0.1) is 0 Å². The van der Waals surface area contributed by atoms with E-state index in [1.165, 1.54) is 5.56 Å². The molecular formula is C29H26O4. The summed E-state index contributed by atoms with van der Waals surface area (Å²) in [4.78, 5) is 0. The van der Waals surface area contributed by atoms with E-state index in [4.69, 9.17) is 9.47 Å². The largest absolute Gasteiger partial charge is 0.507 e. The molecule has 0 spiro atoms. The van der Waals surface area contributed by atoms with Crippen molar-refractivity contribution in [1.82, 2.24) is 0 Å². The van der Waals surface area contributed by atoms with Crippen LogP contribution in [0.1, 0.15) is 22.3 Å². The standard InChI is InChI=1S/C29H26O4/c1-32-24-12-14-25-22(18-24)9-4-19-5-10-23(11-6-19)33-29-17-21(8-15-27(29)30)3-2-20-7-13-26(25)28(31)16-20/h5-8,10-18,30-31H,2-4,9H2,1H3. The van der Waals surface area contributed by atoms with E-state index in [9.17, 15) is 10.2 Å². The molecule has 0 fully saturated rings. The smallest absolute Gasteiger partial charge is 0.169 e. The predicted molar refractivity (Wildman–Crippen MR) is 130 cm³/mol. The lowest BCUT2D eigenvalue weighted by molar-refractivity contribution is 0.410. The van der Waals surface area contributed by atoms with Crippen molar-refractivity contribution in [2.45, 2.75) is 25.7 Å². The van der Waals surface area contributed by atoms with Gasteiger partial charge in [-0.2, -0.15) is 0 Å². The summed E-state index contributed by atoms with van der Waals surface area (Å²) < 4.78 is 11.4. The summed E-state index contributed by atoms with van der Waals surface area (Å²) in [6.07, 6.45) is 3.17. The number of benzene rings is 4. The fourth-order valence-electron chi connectivity index (χ4n) is 4.34. The minimum Gasteiger partial charge on any atom is -0.507 e. The molecule has 0 amide bonds. The minimum absolute atomic E-state index is 0.116. The molecule has 4 aliphatic rings. The van der Waals surface area contributed by atoms with Gasteiger partial charge in [0.1, 0.15) is 17.2 Å². The third-order valence-electron chi connectivity index (χ3n) is 6.23. The van der Waals surface area contributed by atoms with E-state index in [1.54, 1.807) is 13.2 Å². The van der Waals surface area contributed by atoms with Crippen LogP contribution in [0.2, 0.25) is 0 Å². The monoisotopic (exact) mass is 438 g/mol. The van der Waals surface area contributed by atoms with Gasteiger partial charge in [-0.25, -0.2) is 0 Å². The van der Waals surface area contributed by atoms with E-state index in [0.29, 0.717) is 11.5 Å². The number of phenolic OH excluding ortho intramolecular Hbond substituents is 2. The molecule has 0 atom stereocenters. The number of ether oxygens (including phenoxy) is 2. The van der Waals surface area contributed by atoms with Crippen LogP contribution in [0.25, 0.3) is 11.1 Å². The van der Waals surface area contributed by atoms with Gasteiger partial charge in [-0.3, -0.25) is 0 Å². The number of hydrogen-bond acceptors (Lipinski definition) is 4. The summed E-state index contributed by atoms with van der Waals surface area (Å²) in [6.45, 7) is 0. The van der Waals surface area contributed by atoms with Crippen LogP contribution in [-0.4, -0.2) is 17.3 Å². The van der Waals surface area contributed by atoms with Crippen LogP contribution < -0.4 is 9.47 Å². The zero-order valence-corrected chi connectivity index (χ0v) is 18.5. The fourth-order valence-corrected chi connectivity index (χ4v) is 4.34. The lowest BCUT2D eigenvalue weighted by atomic mass is 9.93. The molecule has 4 aromatic carbocycles. The Morgan fingerprint density at radius 1 is 0.636 bits per heavy atom. The molecule has 8 rings (SSSR count). The summed E-state index contributed by atoms with van der Waals surface area (Å²) in [5.74, 6) is 2.33. The highest BCUT2D eigenvalue weighted by molar-refractivity contribution is 5.74. The van der Waals surface area contributed by atoms with Gasteiger partial charge in [0.15, 0.2) is 11.5 Å². The van der Waals surface area contributed by atoms with Crippen LogP contribution >= 0.6 is 0 Å². The Kier molecular flexibility index (Phi) is 5.66. The van der Waals surface area contributed by atoms with Crippen LogP contribution in [0.15, 0.2) is 78.9 Å². The van der Waals surface area contributed by atoms with Crippen LogP contribution in [-0.2, 0) is 25.7 Å². The van der Waals surface area contributed by atoms with Crippen LogP contribution in [0.3, 0.4) is 0 Å². The topological polar surface area (TPSA) is 58.9 Å². The normalized spacial score (nSPS) is 13.0. The highest BCUT2D eigenvalue weighted by Gasteiger charge is 2.13. The van der Waals surface area contributed by atoms with Crippen LogP contribution in [0.5, 0.6) is 28.7 Å². The first-order chi connectivity index (χ1) is 16.1. The van der Waals surface area contributed by atoms with Crippen molar-refractivity contribution in [2.75, 3.05) is 7.11 Å². The maximum atomic E-state index is 10.9. The minimum atomic E-state index is 0.116. The molecule has 0 aliphatic carbocycles. The zero-order valence-electron chi connectivity index (χ0n) is 18.5. The number of rotatable bonds is 1. The van der Waals surface area contributed by atoms with Crippen molar-refractivity contribution in [3.63, 3.8) is 0 Å². The van der Waals surface area contributed by atoms with Crippen LogP contribution in [0.4, 0.5) is 0 Å². The highest BCUT2D eigenvalue weighted by atomic mass is 16.5. The van der Waals surface area contributed by atoms with Gasteiger partial charge in [-0.05, 0) is 96.0 Å².